The van der Waals surface area contributed by atoms with Crippen molar-refractivity contribution in [1.82, 2.24) is 0 Å². The summed E-state index contributed by atoms with van der Waals surface area (Å²) in [7, 11) is 0. The topological polar surface area (TPSA) is 20.2 Å². The molecule has 3 heteroatoms. The van der Waals surface area contributed by atoms with Crippen molar-refractivity contribution in [3.8, 4) is 0 Å². The third-order valence-electron chi connectivity index (χ3n) is 2.90. The van der Waals surface area contributed by atoms with Gasteiger partial charge in [-0.1, -0.05) is 23.7 Å². The molecule has 0 radical (unpaired) electrons. The molecule has 0 unspecified atom stereocenters. The summed E-state index contributed by atoms with van der Waals surface area (Å²) < 4.78 is 2.51. The smallest absolute Gasteiger partial charge is 0.0471 e. The van der Waals surface area contributed by atoms with Crippen molar-refractivity contribution in [1.29, 1.82) is 0 Å². The average Bonchev–Trinajstić information content (AvgIpc) is 2.66. The van der Waals surface area contributed by atoms with E-state index in [0.717, 1.165) is 5.02 Å². The lowest BCUT2D eigenvalue weighted by atomic mass is 10.1. The van der Waals surface area contributed by atoms with Gasteiger partial charge in [0.05, 0.1) is 0 Å². The quantitative estimate of drug-likeness (QED) is 0.732. The van der Waals surface area contributed by atoms with E-state index in [1.54, 1.807) is 11.3 Å². The fraction of sp³-hybridized carbons (Fsp3) is 0.143. The number of aliphatic hydroxyl groups excluding tert-OH is 1. The van der Waals surface area contributed by atoms with Gasteiger partial charge in [-0.05, 0) is 36.2 Å². The Balaban J connectivity index is 2.28. The van der Waals surface area contributed by atoms with E-state index in [1.165, 1.54) is 25.7 Å². The van der Waals surface area contributed by atoms with Gasteiger partial charge in [-0.15, -0.1) is 11.3 Å². The molecular weight excluding hydrogens is 252 g/mol. The van der Waals surface area contributed by atoms with Crippen LogP contribution in [0.4, 0.5) is 0 Å². The molecule has 0 aliphatic heterocycles. The Morgan fingerprint density at radius 2 is 1.88 bits per heavy atom. The number of hydrogen-bond donors (Lipinski definition) is 1. The first-order chi connectivity index (χ1) is 8.28. The normalized spacial score (nSPS) is 11.4. The minimum atomic E-state index is 0.197. The molecule has 17 heavy (non-hydrogen) atoms. The Hall–Kier alpha value is -1.09. The molecule has 0 atom stereocenters. The van der Waals surface area contributed by atoms with Crippen LogP contribution in [-0.2, 0) is 6.42 Å². The Morgan fingerprint density at radius 1 is 1.00 bits per heavy atom. The summed E-state index contributed by atoms with van der Waals surface area (Å²) in [6, 6.07) is 12.4. The lowest BCUT2D eigenvalue weighted by Gasteiger charge is -1.98. The molecule has 2 aromatic carbocycles. The minimum Gasteiger partial charge on any atom is -0.396 e. The van der Waals surface area contributed by atoms with Crippen molar-refractivity contribution in [2.45, 2.75) is 6.42 Å². The van der Waals surface area contributed by atoms with E-state index < -0.39 is 0 Å². The Kier molecular flexibility index (Phi) is 2.79. The summed E-state index contributed by atoms with van der Waals surface area (Å²) in [6.45, 7) is 0.197. The van der Waals surface area contributed by atoms with Gasteiger partial charge in [0.1, 0.15) is 0 Å². The lowest BCUT2D eigenvalue weighted by molar-refractivity contribution is 0.299. The highest BCUT2D eigenvalue weighted by molar-refractivity contribution is 7.25. The molecular formula is C14H11ClOS. The van der Waals surface area contributed by atoms with Crippen LogP contribution in [0.1, 0.15) is 5.56 Å². The molecule has 1 aromatic heterocycles. The van der Waals surface area contributed by atoms with Crippen LogP contribution in [0.2, 0.25) is 5.02 Å². The van der Waals surface area contributed by atoms with Gasteiger partial charge in [0, 0.05) is 31.8 Å². The number of thiophene rings is 1. The molecule has 0 aliphatic carbocycles. The van der Waals surface area contributed by atoms with Crippen LogP contribution in [0, 0.1) is 0 Å². The molecule has 0 saturated heterocycles. The van der Waals surface area contributed by atoms with E-state index in [-0.39, 0.29) is 6.61 Å². The number of fused-ring (bicyclic) bond motifs is 3. The van der Waals surface area contributed by atoms with Crippen LogP contribution < -0.4 is 0 Å². The summed E-state index contributed by atoms with van der Waals surface area (Å²) in [4.78, 5) is 0. The molecule has 0 aliphatic rings. The molecule has 3 rings (SSSR count). The monoisotopic (exact) mass is 262 g/mol. The van der Waals surface area contributed by atoms with Crippen LogP contribution in [-0.4, -0.2) is 11.7 Å². The first kappa shape index (κ1) is 11.0. The maximum Gasteiger partial charge on any atom is 0.0471 e. The molecule has 3 aromatic rings. The molecule has 1 nitrogen and oxygen atoms in total. The number of aliphatic hydroxyl groups is 1. The maximum atomic E-state index is 8.95. The van der Waals surface area contributed by atoms with Crippen LogP contribution in [0.5, 0.6) is 0 Å². The van der Waals surface area contributed by atoms with Crippen LogP contribution in [0.25, 0.3) is 20.2 Å². The van der Waals surface area contributed by atoms with E-state index >= 15 is 0 Å². The summed E-state index contributed by atoms with van der Waals surface area (Å²) in [5.74, 6) is 0. The predicted molar refractivity (Wildman–Crippen MR) is 75.1 cm³/mol. The second kappa shape index (κ2) is 4.30. The first-order valence-electron chi connectivity index (χ1n) is 5.49. The van der Waals surface area contributed by atoms with Crippen molar-refractivity contribution >= 4 is 43.1 Å². The van der Waals surface area contributed by atoms with Crippen LogP contribution in [0.3, 0.4) is 0 Å². The summed E-state index contributed by atoms with van der Waals surface area (Å²) in [6.07, 6.45) is 0.713. The molecule has 0 bridgehead atoms. The fourth-order valence-electron chi connectivity index (χ4n) is 2.08. The molecule has 86 valence electrons. The third-order valence-corrected chi connectivity index (χ3v) is 4.27. The summed E-state index contributed by atoms with van der Waals surface area (Å²) >= 11 is 7.80. The molecule has 0 saturated carbocycles. The van der Waals surface area contributed by atoms with Gasteiger partial charge in [-0.25, -0.2) is 0 Å². The van der Waals surface area contributed by atoms with E-state index in [0.29, 0.717) is 6.42 Å². The molecule has 1 N–H and O–H groups in total. The zero-order valence-electron chi connectivity index (χ0n) is 9.11. The number of halogens is 1. The number of rotatable bonds is 2. The van der Waals surface area contributed by atoms with E-state index in [2.05, 4.69) is 24.3 Å². The van der Waals surface area contributed by atoms with Crippen molar-refractivity contribution < 1.29 is 5.11 Å². The van der Waals surface area contributed by atoms with Crippen molar-refractivity contribution in [2.24, 2.45) is 0 Å². The second-order valence-corrected chi connectivity index (χ2v) is 5.57. The van der Waals surface area contributed by atoms with Gasteiger partial charge in [0.25, 0.3) is 0 Å². The van der Waals surface area contributed by atoms with E-state index in [4.69, 9.17) is 16.7 Å². The maximum absolute atomic E-state index is 8.95. The van der Waals surface area contributed by atoms with Crippen molar-refractivity contribution in [3.63, 3.8) is 0 Å². The highest BCUT2D eigenvalue weighted by Crippen LogP contribution is 2.35. The van der Waals surface area contributed by atoms with Crippen molar-refractivity contribution in [3.05, 3.63) is 47.0 Å². The molecule has 1 heterocycles. The molecule has 0 fully saturated rings. The van der Waals surface area contributed by atoms with Gasteiger partial charge in [0.15, 0.2) is 0 Å². The Morgan fingerprint density at radius 3 is 2.71 bits per heavy atom. The zero-order chi connectivity index (χ0) is 11.8. The van der Waals surface area contributed by atoms with Crippen LogP contribution in [0.15, 0.2) is 36.4 Å². The van der Waals surface area contributed by atoms with E-state index in [9.17, 15) is 0 Å². The Labute approximate surface area is 108 Å². The third kappa shape index (κ3) is 1.93. The second-order valence-electron chi connectivity index (χ2n) is 4.05. The van der Waals surface area contributed by atoms with E-state index in [1.807, 2.05) is 12.1 Å². The predicted octanol–water partition coefficient (Wildman–Crippen LogP) is 4.24. The molecule has 0 amide bonds. The summed E-state index contributed by atoms with van der Waals surface area (Å²) in [5.41, 5.74) is 1.18. The Bertz CT molecular complexity index is 687. The minimum absolute atomic E-state index is 0.197. The van der Waals surface area contributed by atoms with Gasteiger partial charge in [-0.3, -0.25) is 0 Å². The standard InChI is InChI=1S/C14H11ClOS/c15-10-2-4-13-12(8-10)11-3-1-9(5-6-16)7-14(11)17-13/h1-4,7-8,16H,5-6H2. The van der Waals surface area contributed by atoms with Crippen LogP contribution >= 0.6 is 22.9 Å². The largest absolute Gasteiger partial charge is 0.396 e. The van der Waals surface area contributed by atoms with Gasteiger partial charge in [-0.2, -0.15) is 0 Å². The zero-order valence-corrected chi connectivity index (χ0v) is 10.7. The first-order valence-corrected chi connectivity index (χ1v) is 6.69. The number of benzene rings is 2. The fourth-order valence-corrected chi connectivity index (χ4v) is 3.40. The molecule has 0 spiro atoms. The van der Waals surface area contributed by atoms with Crippen molar-refractivity contribution in [2.75, 3.05) is 6.61 Å². The average molecular weight is 263 g/mol. The van der Waals surface area contributed by atoms with Gasteiger partial charge in [0.2, 0.25) is 0 Å². The SMILES string of the molecule is OCCc1ccc2c(c1)sc1ccc(Cl)cc12. The highest BCUT2D eigenvalue weighted by Gasteiger charge is 2.06. The summed E-state index contributed by atoms with van der Waals surface area (Å²) in [5, 5.41) is 12.2. The van der Waals surface area contributed by atoms with Gasteiger partial charge < -0.3 is 5.11 Å². The number of hydrogen-bond acceptors (Lipinski definition) is 2. The highest BCUT2D eigenvalue weighted by atomic mass is 35.5. The van der Waals surface area contributed by atoms with Gasteiger partial charge >= 0.3 is 0 Å². The lowest BCUT2D eigenvalue weighted by Crippen LogP contribution is -1.88.